The lowest BCUT2D eigenvalue weighted by atomic mass is 9.91. The van der Waals surface area contributed by atoms with E-state index in [1.807, 2.05) is 36.4 Å². The number of nitrogens with one attached hydrogen (secondary N) is 2. The zero-order valence-corrected chi connectivity index (χ0v) is 19.9. The second-order valence-electron chi connectivity index (χ2n) is 8.53. The molecule has 4 rings (SSSR count). The molecule has 0 unspecified atom stereocenters. The molecule has 182 valence electrons. The van der Waals surface area contributed by atoms with Crippen molar-refractivity contribution in [1.82, 2.24) is 15.1 Å². The van der Waals surface area contributed by atoms with Gasteiger partial charge in [0.05, 0.1) is 6.20 Å². The SMILES string of the molecule is CCC(CC)(NC(=O)OCC1c2ccccc2-c2ccccc21)C(=O)Nc1c(C(=O)O)cnn1C. The average molecular weight is 477 g/mol. The van der Waals surface area contributed by atoms with Gasteiger partial charge in [0.1, 0.15) is 23.5 Å². The maximum Gasteiger partial charge on any atom is 0.408 e. The van der Waals surface area contributed by atoms with Crippen LogP contribution in [0.1, 0.15) is 54.1 Å². The Labute approximate surface area is 203 Å². The Morgan fingerprint density at radius 1 is 1.03 bits per heavy atom. The molecule has 0 bridgehead atoms. The van der Waals surface area contributed by atoms with Crippen LogP contribution in [0.4, 0.5) is 10.6 Å². The van der Waals surface area contributed by atoms with Gasteiger partial charge >= 0.3 is 12.1 Å². The van der Waals surface area contributed by atoms with Gasteiger partial charge in [0.25, 0.3) is 5.91 Å². The predicted octanol–water partition coefficient (Wildman–Crippen LogP) is 4.15. The van der Waals surface area contributed by atoms with Crippen molar-refractivity contribution < 1.29 is 24.2 Å². The second kappa shape index (κ2) is 9.61. The standard InChI is InChI=1S/C26H28N4O5/c1-4-26(5-2,24(33)28-22-20(23(31)32)14-27-30(22)3)29-25(34)35-15-21-18-12-8-6-10-16(18)17-11-7-9-13-19(17)21/h6-14,21H,4-5,15H2,1-3H3,(H,28,33)(H,29,34)(H,31,32). The van der Waals surface area contributed by atoms with E-state index in [2.05, 4.69) is 27.9 Å². The third kappa shape index (κ3) is 4.37. The summed E-state index contributed by atoms with van der Waals surface area (Å²) in [6.45, 7) is 3.66. The van der Waals surface area contributed by atoms with Gasteiger partial charge in [-0.05, 0) is 35.1 Å². The summed E-state index contributed by atoms with van der Waals surface area (Å²) in [5.41, 5.74) is 3.01. The van der Waals surface area contributed by atoms with Crippen LogP contribution >= 0.6 is 0 Å². The molecule has 1 aliphatic rings. The molecule has 2 amide bonds. The highest BCUT2D eigenvalue weighted by Gasteiger charge is 2.39. The summed E-state index contributed by atoms with van der Waals surface area (Å²) in [7, 11) is 1.53. The number of anilines is 1. The van der Waals surface area contributed by atoms with Crippen molar-refractivity contribution in [2.45, 2.75) is 38.1 Å². The smallest absolute Gasteiger partial charge is 0.408 e. The molecule has 3 N–H and O–H groups in total. The van der Waals surface area contributed by atoms with E-state index in [9.17, 15) is 19.5 Å². The molecule has 3 aromatic rings. The predicted molar refractivity (Wildman–Crippen MR) is 130 cm³/mol. The Morgan fingerprint density at radius 2 is 1.60 bits per heavy atom. The number of ether oxygens (including phenoxy) is 1. The number of carboxylic acid groups (broad SMARTS) is 1. The number of benzene rings is 2. The summed E-state index contributed by atoms with van der Waals surface area (Å²) in [6.07, 6.45) is 1.00. The van der Waals surface area contributed by atoms with E-state index in [0.717, 1.165) is 28.5 Å². The fraction of sp³-hybridized carbons (Fsp3) is 0.308. The maximum absolute atomic E-state index is 13.2. The number of carboxylic acids is 1. The van der Waals surface area contributed by atoms with Gasteiger partial charge in [-0.15, -0.1) is 0 Å². The van der Waals surface area contributed by atoms with Crippen LogP contribution in [0.25, 0.3) is 11.1 Å². The summed E-state index contributed by atoms with van der Waals surface area (Å²) < 4.78 is 6.90. The molecule has 9 nitrogen and oxygen atoms in total. The fourth-order valence-corrected chi connectivity index (χ4v) is 4.60. The molecule has 9 heteroatoms. The molecule has 1 aliphatic carbocycles. The topological polar surface area (TPSA) is 123 Å². The van der Waals surface area contributed by atoms with Gasteiger partial charge in [-0.2, -0.15) is 5.10 Å². The Morgan fingerprint density at radius 3 is 2.14 bits per heavy atom. The molecule has 2 aromatic carbocycles. The summed E-state index contributed by atoms with van der Waals surface area (Å²) >= 11 is 0. The number of rotatable bonds is 8. The van der Waals surface area contributed by atoms with E-state index in [1.165, 1.54) is 11.7 Å². The van der Waals surface area contributed by atoms with Crippen LogP contribution < -0.4 is 10.6 Å². The molecule has 0 atom stereocenters. The molecule has 0 aliphatic heterocycles. The van der Waals surface area contributed by atoms with Crippen molar-refractivity contribution in [2.75, 3.05) is 11.9 Å². The first-order chi connectivity index (χ1) is 16.8. The van der Waals surface area contributed by atoms with E-state index in [1.54, 1.807) is 13.8 Å². The minimum Gasteiger partial charge on any atom is -0.477 e. The van der Waals surface area contributed by atoms with Gasteiger partial charge < -0.3 is 20.5 Å². The number of nitrogens with zero attached hydrogens (tertiary/aromatic N) is 2. The number of amides is 2. The lowest BCUT2D eigenvalue weighted by molar-refractivity contribution is -0.122. The Hall–Kier alpha value is -4.14. The van der Waals surface area contributed by atoms with E-state index >= 15 is 0 Å². The van der Waals surface area contributed by atoms with Crippen LogP contribution in [-0.4, -0.2) is 45.0 Å². The van der Waals surface area contributed by atoms with Crippen molar-refractivity contribution in [1.29, 1.82) is 0 Å². The monoisotopic (exact) mass is 476 g/mol. The van der Waals surface area contributed by atoms with Crippen LogP contribution in [0.5, 0.6) is 0 Å². The molecule has 0 fully saturated rings. The lowest BCUT2D eigenvalue weighted by Gasteiger charge is -2.31. The van der Waals surface area contributed by atoms with Crippen LogP contribution in [0.2, 0.25) is 0 Å². The minimum absolute atomic E-state index is 0.0445. The fourth-order valence-electron chi connectivity index (χ4n) is 4.60. The molecule has 35 heavy (non-hydrogen) atoms. The van der Waals surface area contributed by atoms with Crippen LogP contribution in [0.15, 0.2) is 54.7 Å². The third-order valence-electron chi connectivity index (χ3n) is 6.73. The first-order valence-electron chi connectivity index (χ1n) is 11.5. The van der Waals surface area contributed by atoms with Crippen LogP contribution in [0, 0.1) is 0 Å². The van der Waals surface area contributed by atoms with Gasteiger partial charge in [-0.25, -0.2) is 9.59 Å². The molecule has 0 spiro atoms. The summed E-state index contributed by atoms with van der Waals surface area (Å²) in [5, 5.41) is 18.6. The number of aromatic nitrogens is 2. The Kier molecular flexibility index (Phi) is 6.59. The molecule has 0 saturated carbocycles. The molecule has 0 saturated heterocycles. The van der Waals surface area contributed by atoms with Crippen molar-refractivity contribution >= 4 is 23.8 Å². The molecular weight excluding hydrogens is 448 g/mol. The highest BCUT2D eigenvalue weighted by molar-refractivity contribution is 6.03. The number of hydrogen-bond donors (Lipinski definition) is 3. The van der Waals surface area contributed by atoms with Crippen molar-refractivity contribution in [3.63, 3.8) is 0 Å². The quantitative estimate of drug-likeness (QED) is 0.449. The summed E-state index contributed by atoms with van der Waals surface area (Å²) in [4.78, 5) is 37.6. The van der Waals surface area contributed by atoms with Gasteiger partial charge in [0.15, 0.2) is 0 Å². The zero-order chi connectivity index (χ0) is 25.2. The Balaban J connectivity index is 1.48. The first kappa shape index (κ1) is 24.0. The highest BCUT2D eigenvalue weighted by Crippen LogP contribution is 2.44. The van der Waals surface area contributed by atoms with Gasteiger partial charge in [0, 0.05) is 13.0 Å². The molecular formula is C26H28N4O5. The largest absolute Gasteiger partial charge is 0.477 e. The Bertz CT molecular complexity index is 1230. The number of alkyl carbamates (subject to hydrolysis) is 1. The van der Waals surface area contributed by atoms with Crippen LogP contribution in [0.3, 0.4) is 0 Å². The number of fused-ring (bicyclic) bond motifs is 3. The highest BCUT2D eigenvalue weighted by atomic mass is 16.5. The first-order valence-corrected chi connectivity index (χ1v) is 11.5. The van der Waals surface area contributed by atoms with Gasteiger partial charge in [-0.3, -0.25) is 9.48 Å². The van der Waals surface area contributed by atoms with Crippen LogP contribution in [-0.2, 0) is 16.6 Å². The zero-order valence-electron chi connectivity index (χ0n) is 19.9. The third-order valence-corrected chi connectivity index (χ3v) is 6.73. The van der Waals surface area contributed by atoms with Crippen molar-refractivity contribution in [3.8, 4) is 11.1 Å². The normalized spacial score (nSPS) is 12.5. The average Bonchev–Trinajstić information content (AvgIpc) is 3.39. The number of carbonyl (C=O) groups excluding carboxylic acids is 2. The van der Waals surface area contributed by atoms with E-state index in [0.29, 0.717) is 0 Å². The minimum atomic E-state index is -1.29. The lowest BCUT2D eigenvalue weighted by Crippen LogP contribution is -2.56. The maximum atomic E-state index is 13.2. The van der Waals surface area contributed by atoms with Crippen molar-refractivity contribution in [2.24, 2.45) is 7.05 Å². The summed E-state index contributed by atoms with van der Waals surface area (Å²) in [5.74, 6) is -1.81. The molecule has 0 radical (unpaired) electrons. The van der Waals surface area contributed by atoms with Crippen molar-refractivity contribution in [3.05, 3.63) is 71.4 Å². The van der Waals surface area contributed by atoms with E-state index in [4.69, 9.17) is 4.74 Å². The number of hydrogen-bond acceptors (Lipinski definition) is 5. The second-order valence-corrected chi connectivity index (χ2v) is 8.53. The van der Waals surface area contributed by atoms with Gasteiger partial charge in [0.2, 0.25) is 0 Å². The van der Waals surface area contributed by atoms with E-state index < -0.39 is 23.5 Å². The number of carbonyl (C=O) groups is 3. The number of aromatic carboxylic acids is 1. The number of aryl methyl sites for hydroxylation is 1. The molecule has 1 aromatic heterocycles. The summed E-state index contributed by atoms with van der Waals surface area (Å²) in [6, 6.07) is 16.1. The molecule has 1 heterocycles. The van der Waals surface area contributed by atoms with E-state index in [-0.39, 0.29) is 36.7 Å². The van der Waals surface area contributed by atoms with Gasteiger partial charge in [-0.1, -0.05) is 62.4 Å².